The third-order valence-corrected chi connectivity index (χ3v) is 5.27. The molecule has 8 nitrogen and oxygen atoms in total. The monoisotopic (exact) mass is 419 g/mol. The Morgan fingerprint density at radius 3 is 2.40 bits per heavy atom. The van der Waals surface area contributed by atoms with Crippen molar-refractivity contribution in [1.82, 2.24) is 20.4 Å². The van der Waals surface area contributed by atoms with E-state index < -0.39 is 0 Å². The maximum Gasteiger partial charge on any atom is 0.191 e. The second kappa shape index (κ2) is 13.4. The molecule has 0 saturated carbocycles. The number of guanidine groups is 1. The molecule has 8 heteroatoms. The first-order valence-corrected chi connectivity index (χ1v) is 11.2. The molecule has 0 atom stereocenters. The highest BCUT2D eigenvalue weighted by molar-refractivity contribution is 5.79. The summed E-state index contributed by atoms with van der Waals surface area (Å²) in [6, 6.07) is 8.22. The number of rotatable bonds is 10. The third-order valence-electron chi connectivity index (χ3n) is 5.27. The molecule has 2 aliphatic rings. The van der Waals surface area contributed by atoms with E-state index in [2.05, 4.69) is 39.5 Å². The molecule has 2 aliphatic heterocycles. The van der Waals surface area contributed by atoms with Crippen LogP contribution >= 0.6 is 0 Å². The Bertz CT molecular complexity index is 631. The van der Waals surface area contributed by atoms with Crippen LogP contribution in [-0.4, -0.2) is 101 Å². The van der Waals surface area contributed by atoms with Crippen molar-refractivity contribution in [1.29, 1.82) is 0 Å². The molecule has 2 saturated heterocycles. The fraction of sp³-hybridized carbons (Fsp3) is 0.682. The maximum absolute atomic E-state index is 5.96. The number of aliphatic imine (C=N–C) groups is 1. The van der Waals surface area contributed by atoms with Gasteiger partial charge in [0.1, 0.15) is 12.4 Å². The Hall–Kier alpha value is -1.87. The molecule has 0 radical (unpaired) electrons. The smallest absolute Gasteiger partial charge is 0.191 e. The van der Waals surface area contributed by atoms with Crippen molar-refractivity contribution in [2.45, 2.75) is 13.5 Å². The molecule has 2 N–H and O–H groups in total. The van der Waals surface area contributed by atoms with Crippen LogP contribution in [0.15, 0.2) is 29.3 Å². The van der Waals surface area contributed by atoms with Crippen LogP contribution in [0, 0.1) is 0 Å². The first-order chi connectivity index (χ1) is 14.8. The fourth-order valence-electron chi connectivity index (χ4n) is 3.52. The normalized spacial score (nSPS) is 18.9. The zero-order valence-corrected chi connectivity index (χ0v) is 18.3. The summed E-state index contributed by atoms with van der Waals surface area (Å²) in [5.41, 5.74) is 1.14. The SMILES string of the molecule is CCNC(=NCc1cccc(OCCN2CCOCC2)c1)NCCN1CCOCC1. The predicted octanol–water partition coefficient (Wildman–Crippen LogP) is 0.785. The minimum atomic E-state index is 0.619. The van der Waals surface area contributed by atoms with Crippen LogP contribution < -0.4 is 15.4 Å². The number of nitrogens with one attached hydrogen (secondary N) is 2. The minimum absolute atomic E-state index is 0.619. The van der Waals surface area contributed by atoms with Crippen LogP contribution in [0.25, 0.3) is 0 Å². The quantitative estimate of drug-likeness (QED) is 0.429. The van der Waals surface area contributed by atoms with Gasteiger partial charge in [0.05, 0.1) is 33.0 Å². The summed E-state index contributed by atoms with van der Waals surface area (Å²) < 4.78 is 16.7. The van der Waals surface area contributed by atoms with E-state index in [0.717, 1.165) is 96.1 Å². The predicted molar refractivity (Wildman–Crippen MR) is 119 cm³/mol. The number of hydrogen-bond acceptors (Lipinski definition) is 6. The Morgan fingerprint density at radius 1 is 1.00 bits per heavy atom. The zero-order chi connectivity index (χ0) is 20.9. The summed E-state index contributed by atoms with van der Waals surface area (Å²) in [5.74, 6) is 1.76. The molecule has 2 fully saturated rings. The van der Waals surface area contributed by atoms with Crippen LogP contribution in [0.3, 0.4) is 0 Å². The highest BCUT2D eigenvalue weighted by Gasteiger charge is 2.11. The lowest BCUT2D eigenvalue weighted by atomic mass is 10.2. The molecule has 0 aromatic heterocycles. The topological polar surface area (TPSA) is 70.6 Å². The Balaban J connectivity index is 1.41. The van der Waals surface area contributed by atoms with Gasteiger partial charge in [0.2, 0.25) is 0 Å². The second-order valence-corrected chi connectivity index (χ2v) is 7.53. The van der Waals surface area contributed by atoms with E-state index >= 15 is 0 Å². The molecule has 0 bridgehead atoms. The van der Waals surface area contributed by atoms with Gasteiger partial charge in [-0.1, -0.05) is 12.1 Å². The van der Waals surface area contributed by atoms with Gasteiger partial charge in [-0.05, 0) is 24.6 Å². The van der Waals surface area contributed by atoms with Gasteiger partial charge < -0.3 is 24.8 Å². The van der Waals surface area contributed by atoms with Crippen molar-refractivity contribution in [2.24, 2.45) is 4.99 Å². The average molecular weight is 420 g/mol. The van der Waals surface area contributed by atoms with Crippen LogP contribution in [0.4, 0.5) is 0 Å². The average Bonchev–Trinajstić information content (AvgIpc) is 2.79. The van der Waals surface area contributed by atoms with Gasteiger partial charge in [0, 0.05) is 52.4 Å². The van der Waals surface area contributed by atoms with E-state index in [-0.39, 0.29) is 0 Å². The molecule has 3 rings (SSSR count). The highest BCUT2D eigenvalue weighted by atomic mass is 16.5. The first-order valence-electron chi connectivity index (χ1n) is 11.2. The molecule has 0 unspecified atom stereocenters. The number of benzene rings is 1. The van der Waals surface area contributed by atoms with Crippen molar-refractivity contribution in [3.63, 3.8) is 0 Å². The molecule has 0 aliphatic carbocycles. The number of morpholine rings is 2. The van der Waals surface area contributed by atoms with Crippen LogP contribution in [-0.2, 0) is 16.0 Å². The van der Waals surface area contributed by atoms with Gasteiger partial charge in [-0.15, -0.1) is 0 Å². The number of nitrogens with zero attached hydrogens (tertiary/aromatic N) is 3. The fourth-order valence-corrected chi connectivity index (χ4v) is 3.52. The summed E-state index contributed by atoms with van der Waals surface area (Å²) in [6.45, 7) is 14.3. The number of ether oxygens (including phenoxy) is 3. The van der Waals surface area contributed by atoms with E-state index in [9.17, 15) is 0 Å². The van der Waals surface area contributed by atoms with Crippen LogP contribution in [0.2, 0.25) is 0 Å². The summed E-state index contributed by atoms with van der Waals surface area (Å²) in [5, 5.41) is 6.76. The molecule has 30 heavy (non-hydrogen) atoms. The van der Waals surface area contributed by atoms with Crippen molar-refractivity contribution >= 4 is 5.96 Å². The summed E-state index contributed by atoms with van der Waals surface area (Å²) in [7, 11) is 0. The highest BCUT2D eigenvalue weighted by Crippen LogP contribution is 2.14. The second-order valence-electron chi connectivity index (χ2n) is 7.53. The Morgan fingerprint density at radius 2 is 1.70 bits per heavy atom. The Labute approximate surface area is 180 Å². The minimum Gasteiger partial charge on any atom is -0.492 e. The lowest BCUT2D eigenvalue weighted by Crippen LogP contribution is -2.44. The van der Waals surface area contributed by atoms with Gasteiger partial charge in [-0.2, -0.15) is 0 Å². The molecule has 0 spiro atoms. The Kier molecular flexibility index (Phi) is 10.2. The maximum atomic E-state index is 5.96. The van der Waals surface area contributed by atoms with Crippen molar-refractivity contribution in [2.75, 3.05) is 85.4 Å². The van der Waals surface area contributed by atoms with Gasteiger partial charge in [-0.3, -0.25) is 9.80 Å². The van der Waals surface area contributed by atoms with E-state index in [1.165, 1.54) is 0 Å². The van der Waals surface area contributed by atoms with Crippen LogP contribution in [0.5, 0.6) is 5.75 Å². The standard InChI is InChI=1S/C22H37N5O3/c1-2-23-22(24-6-7-26-8-13-28-14-9-26)25-19-20-4-3-5-21(18-20)30-17-12-27-10-15-29-16-11-27/h3-5,18H,2,6-17,19H2,1H3,(H2,23,24,25). The molecule has 1 aromatic carbocycles. The molecule has 1 aromatic rings. The van der Waals surface area contributed by atoms with Gasteiger partial charge in [0.15, 0.2) is 5.96 Å². The van der Waals surface area contributed by atoms with Crippen LogP contribution in [0.1, 0.15) is 12.5 Å². The summed E-state index contributed by atoms with van der Waals surface area (Å²) >= 11 is 0. The lowest BCUT2D eigenvalue weighted by molar-refractivity contribution is 0.0322. The molecular weight excluding hydrogens is 382 g/mol. The number of hydrogen-bond donors (Lipinski definition) is 2. The van der Waals surface area contributed by atoms with Gasteiger partial charge in [0.25, 0.3) is 0 Å². The van der Waals surface area contributed by atoms with Crippen molar-refractivity contribution in [3.05, 3.63) is 29.8 Å². The largest absolute Gasteiger partial charge is 0.492 e. The van der Waals surface area contributed by atoms with E-state index in [1.54, 1.807) is 0 Å². The van der Waals surface area contributed by atoms with E-state index in [4.69, 9.17) is 19.2 Å². The van der Waals surface area contributed by atoms with Crippen molar-refractivity contribution in [3.8, 4) is 5.75 Å². The molecule has 0 amide bonds. The van der Waals surface area contributed by atoms with E-state index in [1.807, 2.05) is 12.1 Å². The third kappa shape index (κ3) is 8.47. The first kappa shape index (κ1) is 22.8. The molecular formula is C22H37N5O3. The molecule has 168 valence electrons. The van der Waals surface area contributed by atoms with Crippen molar-refractivity contribution < 1.29 is 14.2 Å². The van der Waals surface area contributed by atoms with E-state index in [0.29, 0.717) is 13.2 Å². The lowest BCUT2D eigenvalue weighted by Gasteiger charge is -2.26. The summed E-state index contributed by atoms with van der Waals surface area (Å²) in [4.78, 5) is 9.53. The summed E-state index contributed by atoms with van der Waals surface area (Å²) in [6.07, 6.45) is 0. The van der Waals surface area contributed by atoms with Gasteiger partial charge >= 0.3 is 0 Å². The zero-order valence-electron chi connectivity index (χ0n) is 18.3. The van der Waals surface area contributed by atoms with Gasteiger partial charge in [-0.25, -0.2) is 4.99 Å². The molecule has 2 heterocycles.